The van der Waals surface area contributed by atoms with Crippen LogP contribution in [0.25, 0.3) is 0 Å². The van der Waals surface area contributed by atoms with Crippen LogP contribution in [0, 0.1) is 6.92 Å². The Balaban J connectivity index is 1.99. The van der Waals surface area contributed by atoms with Gasteiger partial charge in [-0.15, -0.1) is 0 Å². The summed E-state index contributed by atoms with van der Waals surface area (Å²) in [7, 11) is 0. The highest BCUT2D eigenvalue weighted by Gasteiger charge is 2.16. The van der Waals surface area contributed by atoms with Gasteiger partial charge in [0.05, 0.1) is 6.42 Å². The van der Waals surface area contributed by atoms with Gasteiger partial charge >= 0.3 is 5.97 Å². The zero-order chi connectivity index (χ0) is 18.4. The van der Waals surface area contributed by atoms with E-state index in [9.17, 15) is 9.59 Å². The van der Waals surface area contributed by atoms with E-state index in [0.717, 1.165) is 23.0 Å². The van der Waals surface area contributed by atoms with E-state index in [-0.39, 0.29) is 12.4 Å². The highest BCUT2D eigenvalue weighted by molar-refractivity contribution is 5.77. The lowest BCUT2D eigenvalue weighted by Gasteiger charge is -2.19. The number of ether oxygens (including phenoxy) is 2. The number of esters is 1. The predicted molar refractivity (Wildman–Crippen MR) is 96.9 cm³/mol. The highest BCUT2D eigenvalue weighted by Crippen LogP contribution is 2.18. The van der Waals surface area contributed by atoms with Crippen LogP contribution in [0.3, 0.4) is 0 Å². The van der Waals surface area contributed by atoms with E-state index in [2.05, 4.69) is 0 Å². The Kier molecular flexibility index (Phi) is 5.97. The zero-order valence-corrected chi connectivity index (χ0v) is 15.2. The maximum Gasteiger partial charge on any atom is 0.310 e. The molecule has 0 aliphatic rings. The van der Waals surface area contributed by atoms with E-state index in [1.165, 1.54) is 0 Å². The van der Waals surface area contributed by atoms with Crippen molar-refractivity contribution in [1.29, 1.82) is 0 Å². The van der Waals surface area contributed by atoms with Crippen molar-refractivity contribution in [3.8, 4) is 5.75 Å². The Morgan fingerprint density at radius 1 is 1.08 bits per heavy atom. The fourth-order valence-electron chi connectivity index (χ4n) is 2.38. The summed E-state index contributed by atoms with van der Waals surface area (Å²) in [6, 6.07) is 13.1. The first-order valence-corrected chi connectivity index (χ1v) is 8.25. The molecule has 0 N–H and O–H groups in total. The lowest BCUT2D eigenvalue weighted by Crippen LogP contribution is -2.24. The Hall–Kier alpha value is -2.62. The molecule has 4 heteroatoms. The number of carbonyl (C=O) groups excluding carboxylic acids is 2. The van der Waals surface area contributed by atoms with Gasteiger partial charge in [-0.05, 0) is 56.5 Å². The smallest absolute Gasteiger partial charge is 0.310 e. The van der Waals surface area contributed by atoms with Crippen LogP contribution < -0.4 is 4.74 Å². The fraction of sp³-hybridized carbons (Fsp3) is 0.333. The van der Waals surface area contributed by atoms with E-state index in [1.54, 1.807) is 6.07 Å². The third-order valence-electron chi connectivity index (χ3n) is 3.54. The Labute approximate surface area is 148 Å². The standard InChI is InChI=1S/C21H24O4/c1-15-8-9-19(12-18(15)13-22)24-14-17-7-5-6-16(10-17)11-20(23)25-21(2,3)4/h5-10,12-13H,11,14H2,1-4H3. The van der Waals surface area contributed by atoms with Crippen molar-refractivity contribution in [2.45, 2.75) is 46.3 Å². The van der Waals surface area contributed by atoms with Gasteiger partial charge in [-0.25, -0.2) is 0 Å². The van der Waals surface area contributed by atoms with Crippen molar-refractivity contribution in [2.24, 2.45) is 0 Å². The van der Waals surface area contributed by atoms with Gasteiger partial charge in [0, 0.05) is 5.56 Å². The molecular weight excluding hydrogens is 316 g/mol. The first-order valence-electron chi connectivity index (χ1n) is 8.25. The molecule has 2 rings (SSSR count). The number of hydrogen-bond acceptors (Lipinski definition) is 4. The number of aryl methyl sites for hydroxylation is 1. The third kappa shape index (κ3) is 6.07. The molecule has 0 aromatic heterocycles. The van der Waals surface area contributed by atoms with Crippen LogP contribution in [-0.2, 0) is 22.6 Å². The monoisotopic (exact) mass is 340 g/mol. The zero-order valence-electron chi connectivity index (χ0n) is 15.2. The van der Waals surface area contributed by atoms with E-state index < -0.39 is 5.60 Å². The lowest BCUT2D eigenvalue weighted by molar-refractivity contribution is -0.153. The van der Waals surface area contributed by atoms with Gasteiger partial charge in [-0.3, -0.25) is 9.59 Å². The Morgan fingerprint density at radius 3 is 2.48 bits per heavy atom. The van der Waals surface area contributed by atoms with Crippen LogP contribution in [0.4, 0.5) is 0 Å². The number of carbonyl (C=O) groups is 2. The molecule has 0 bridgehead atoms. The minimum absolute atomic E-state index is 0.227. The van der Waals surface area contributed by atoms with E-state index in [1.807, 2.05) is 64.1 Å². The molecule has 0 fully saturated rings. The normalized spacial score (nSPS) is 11.0. The van der Waals surface area contributed by atoms with E-state index >= 15 is 0 Å². The summed E-state index contributed by atoms with van der Waals surface area (Å²) >= 11 is 0. The number of rotatable bonds is 6. The van der Waals surface area contributed by atoms with Crippen molar-refractivity contribution >= 4 is 12.3 Å². The van der Waals surface area contributed by atoms with Gasteiger partial charge in [-0.2, -0.15) is 0 Å². The second-order valence-electron chi connectivity index (χ2n) is 7.01. The molecule has 0 spiro atoms. The molecule has 0 amide bonds. The molecule has 2 aromatic rings. The number of benzene rings is 2. The summed E-state index contributed by atoms with van der Waals surface area (Å²) in [6.07, 6.45) is 1.05. The number of aldehydes is 1. The minimum atomic E-state index is -0.487. The van der Waals surface area contributed by atoms with Crippen molar-refractivity contribution in [1.82, 2.24) is 0 Å². The summed E-state index contributed by atoms with van der Waals surface area (Å²) < 4.78 is 11.1. The van der Waals surface area contributed by atoms with Crippen molar-refractivity contribution < 1.29 is 19.1 Å². The highest BCUT2D eigenvalue weighted by atomic mass is 16.6. The molecule has 0 aliphatic heterocycles. The largest absolute Gasteiger partial charge is 0.489 e. The Bertz CT molecular complexity index is 757. The molecule has 0 saturated heterocycles. The number of hydrogen-bond donors (Lipinski definition) is 0. The van der Waals surface area contributed by atoms with Gasteiger partial charge in [-0.1, -0.05) is 30.3 Å². The second kappa shape index (κ2) is 7.97. The molecular formula is C21H24O4. The van der Waals surface area contributed by atoms with E-state index in [0.29, 0.717) is 17.9 Å². The average Bonchev–Trinajstić information content (AvgIpc) is 2.52. The first kappa shape index (κ1) is 18.7. The van der Waals surface area contributed by atoms with Gasteiger partial charge in [0.15, 0.2) is 0 Å². The molecule has 4 nitrogen and oxygen atoms in total. The lowest BCUT2D eigenvalue weighted by atomic mass is 10.1. The molecule has 0 saturated carbocycles. The SMILES string of the molecule is Cc1ccc(OCc2cccc(CC(=O)OC(C)(C)C)c2)cc1C=O. The van der Waals surface area contributed by atoms with Gasteiger partial charge < -0.3 is 9.47 Å². The van der Waals surface area contributed by atoms with Gasteiger partial charge in [0.25, 0.3) is 0 Å². The maximum absolute atomic E-state index is 11.9. The topological polar surface area (TPSA) is 52.6 Å². The molecule has 132 valence electrons. The fourth-order valence-corrected chi connectivity index (χ4v) is 2.38. The molecule has 25 heavy (non-hydrogen) atoms. The molecule has 0 aliphatic carbocycles. The molecule has 0 radical (unpaired) electrons. The Morgan fingerprint density at radius 2 is 1.80 bits per heavy atom. The molecule has 0 heterocycles. The minimum Gasteiger partial charge on any atom is -0.489 e. The van der Waals surface area contributed by atoms with Crippen LogP contribution in [0.15, 0.2) is 42.5 Å². The van der Waals surface area contributed by atoms with Crippen LogP contribution in [0.2, 0.25) is 0 Å². The first-order chi connectivity index (χ1) is 11.8. The van der Waals surface area contributed by atoms with E-state index in [4.69, 9.17) is 9.47 Å². The summed E-state index contributed by atoms with van der Waals surface area (Å²) in [5, 5.41) is 0. The summed E-state index contributed by atoms with van der Waals surface area (Å²) in [4.78, 5) is 22.9. The van der Waals surface area contributed by atoms with Crippen LogP contribution in [0.5, 0.6) is 5.75 Å². The summed E-state index contributed by atoms with van der Waals surface area (Å²) in [6.45, 7) is 7.80. The predicted octanol–water partition coefficient (Wildman–Crippen LogP) is 4.27. The van der Waals surface area contributed by atoms with Gasteiger partial charge in [0.2, 0.25) is 0 Å². The summed E-state index contributed by atoms with van der Waals surface area (Å²) in [5.74, 6) is 0.393. The van der Waals surface area contributed by atoms with Crippen molar-refractivity contribution in [3.05, 3.63) is 64.7 Å². The van der Waals surface area contributed by atoms with Crippen LogP contribution in [-0.4, -0.2) is 17.9 Å². The molecule has 2 aromatic carbocycles. The average molecular weight is 340 g/mol. The molecule has 0 atom stereocenters. The van der Waals surface area contributed by atoms with Crippen molar-refractivity contribution in [3.63, 3.8) is 0 Å². The second-order valence-corrected chi connectivity index (χ2v) is 7.01. The van der Waals surface area contributed by atoms with Crippen molar-refractivity contribution in [2.75, 3.05) is 0 Å². The maximum atomic E-state index is 11.9. The third-order valence-corrected chi connectivity index (χ3v) is 3.54. The van der Waals surface area contributed by atoms with Crippen LogP contribution >= 0.6 is 0 Å². The van der Waals surface area contributed by atoms with Crippen LogP contribution in [0.1, 0.15) is 47.8 Å². The quantitative estimate of drug-likeness (QED) is 0.582. The van der Waals surface area contributed by atoms with Gasteiger partial charge in [0.1, 0.15) is 24.2 Å². The molecule has 0 unspecified atom stereocenters. The summed E-state index contributed by atoms with van der Waals surface area (Å²) in [5.41, 5.74) is 2.89.